The number of para-hydroxylation sites is 1. The summed E-state index contributed by atoms with van der Waals surface area (Å²) in [5.41, 5.74) is 0.430. The quantitative estimate of drug-likeness (QED) is 0.502. The molecule has 1 aliphatic heterocycles. The lowest BCUT2D eigenvalue weighted by Crippen LogP contribution is -2.37. The van der Waals surface area contributed by atoms with Gasteiger partial charge in [-0.1, -0.05) is 18.2 Å². The molecule has 4 rings (SSSR count). The lowest BCUT2D eigenvalue weighted by molar-refractivity contribution is -0.155. The van der Waals surface area contributed by atoms with Crippen molar-refractivity contribution < 1.29 is 23.5 Å². The number of hydrogen-bond acceptors (Lipinski definition) is 7. The van der Waals surface area contributed by atoms with Crippen molar-refractivity contribution >= 4 is 40.1 Å². The Morgan fingerprint density at radius 2 is 1.91 bits per heavy atom. The van der Waals surface area contributed by atoms with E-state index in [0.717, 1.165) is 23.2 Å². The largest absolute Gasteiger partial charge is 0.459 e. The van der Waals surface area contributed by atoms with Crippen molar-refractivity contribution in [1.82, 2.24) is 14.8 Å². The molecule has 180 valence electrons. The number of likely N-dealkylation sites (N-methyl/N-ethyl adjacent to an activating group) is 1. The first-order valence-corrected chi connectivity index (χ1v) is 12.2. The zero-order chi connectivity index (χ0) is 24.5. The van der Waals surface area contributed by atoms with Gasteiger partial charge in [-0.05, 0) is 45.7 Å². The van der Waals surface area contributed by atoms with Gasteiger partial charge in [0.15, 0.2) is 5.76 Å². The lowest BCUT2D eigenvalue weighted by Gasteiger charge is -2.30. The van der Waals surface area contributed by atoms with Crippen LogP contribution in [-0.4, -0.2) is 64.9 Å². The maximum atomic E-state index is 12.9. The number of carbonyl (C=O) groups excluding carboxylic acids is 3. The van der Waals surface area contributed by atoms with Gasteiger partial charge in [0.05, 0.1) is 5.01 Å². The van der Waals surface area contributed by atoms with E-state index in [1.807, 2.05) is 29.2 Å². The second kappa shape index (κ2) is 9.58. The number of piperidine rings is 1. The predicted molar refractivity (Wildman–Crippen MR) is 129 cm³/mol. The van der Waals surface area contributed by atoms with Crippen molar-refractivity contribution in [1.29, 1.82) is 0 Å². The Morgan fingerprint density at radius 3 is 2.59 bits per heavy atom. The number of amides is 2. The first-order valence-electron chi connectivity index (χ1n) is 11.3. The molecule has 2 amide bonds. The summed E-state index contributed by atoms with van der Waals surface area (Å²) >= 11 is 1.44. The van der Waals surface area contributed by atoms with Crippen LogP contribution in [0.5, 0.6) is 0 Å². The molecule has 0 bridgehead atoms. The van der Waals surface area contributed by atoms with Crippen LogP contribution in [0.3, 0.4) is 0 Å². The highest BCUT2D eigenvalue weighted by atomic mass is 32.1. The van der Waals surface area contributed by atoms with Gasteiger partial charge in [0.1, 0.15) is 23.4 Å². The highest BCUT2D eigenvalue weighted by molar-refractivity contribution is 7.09. The van der Waals surface area contributed by atoms with E-state index in [1.165, 1.54) is 16.2 Å². The van der Waals surface area contributed by atoms with Crippen LogP contribution in [0.4, 0.5) is 0 Å². The molecule has 3 heterocycles. The van der Waals surface area contributed by atoms with Gasteiger partial charge in [0, 0.05) is 36.8 Å². The highest BCUT2D eigenvalue weighted by Crippen LogP contribution is 2.31. The molecule has 0 atom stereocenters. The van der Waals surface area contributed by atoms with Gasteiger partial charge in [0.2, 0.25) is 0 Å². The molecule has 0 aliphatic carbocycles. The van der Waals surface area contributed by atoms with E-state index in [0.29, 0.717) is 30.1 Å². The first kappa shape index (κ1) is 23.9. The van der Waals surface area contributed by atoms with E-state index < -0.39 is 11.6 Å². The van der Waals surface area contributed by atoms with E-state index in [9.17, 15) is 14.4 Å². The minimum atomic E-state index is -0.602. The number of furan rings is 1. The van der Waals surface area contributed by atoms with Crippen molar-refractivity contribution in [2.45, 2.75) is 45.1 Å². The molecule has 3 aromatic rings. The van der Waals surface area contributed by atoms with Crippen molar-refractivity contribution in [3.05, 3.63) is 52.2 Å². The maximum Gasteiger partial charge on any atom is 0.326 e. The number of ether oxygens (including phenoxy) is 1. The molecular weight excluding hydrogens is 454 g/mol. The van der Waals surface area contributed by atoms with Crippen LogP contribution in [0.15, 0.2) is 40.1 Å². The van der Waals surface area contributed by atoms with Gasteiger partial charge in [0.25, 0.3) is 11.8 Å². The van der Waals surface area contributed by atoms with Crippen molar-refractivity contribution in [3.63, 3.8) is 0 Å². The molecule has 0 saturated carbocycles. The Kier molecular flexibility index (Phi) is 6.74. The normalized spacial score (nSPS) is 14.9. The predicted octanol–water partition coefficient (Wildman–Crippen LogP) is 4.32. The summed E-state index contributed by atoms with van der Waals surface area (Å²) in [4.78, 5) is 45.3. The third-order valence-corrected chi connectivity index (χ3v) is 6.65. The number of benzene rings is 1. The molecule has 34 heavy (non-hydrogen) atoms. The molecule has 0 unspecified atom stereocenters. The van der Waals surface area contributed by atoms with E-state index in [2.05, 4.69) is 4.98 Å². The fourth-order valence-corrected chi connectivity index (χ4v) is 4.95. The minimum absolute atomic E-state index is 0.103. The number of hydrogen-bond donors (Lipinski definition) is 0. The number of fused-ring (bicyclic) bond motifs is 1. The van der Waals surface area contributed by atoms with Gasteiger partial charge >= 0.3 is 5.97 Å². The number of likely N-dealkylation sites (tertiary alicyclic amines) is 1. The average Bonchev–Trinajstić information content (AvgIpc) is 3.44. The SMILES string of the molecule is CN(CC(=O)OC(C)(C)C)C(=O)c1csc(C2CCN(C(=O)c3cc4ccccc4o3)CC2)n1. The first-order chi connectivity index (χ1) is 16.1. The third-order valence-electron chi connectivity index (χ3n) is 5.64. The molecule has 1 saturated heterocycles. The third kappa shape index (κ3) is 5.47. The number of rotatable bonds is 5. The molecule has 0 spiro atoms. The standard InChI is InChI=1S/C25H29N3O5S/c1-25(2,3)33-21(29)14-27(4)23(30)18-15-34-22(26-18)16-9-11-28(12-10-16)24(31)20-13-17-7-5-6-8-19(17)32-20/h5-8,13,15-16H,9-12,14H2,1-4H3. The van der Waals surface area contributed by atoms with Crippen LogP contribution < -0.4 is 0 Å². The molecule has 2 aromatic heterocycles. The van der Waals surface area contributed by atoms with Crippen LogP contribution in [0.1, 0.15) is 65.6 Å². The van der Waals surface area contributed by atoms with E-state index >= 15 is 0 Å². The van der Waals surface area contributed by atoms with E-state index in [1.54, 1.807) is 39.3 Å². The summed E-state index contributed by atoms with van der Waals surface area (Å²) in [6.45, 7) is 6.42. The van der Waals surface area contributed by atoms with Gasteiger partial charge in [-0.15, -0.1) is 11.3 Å². The van der Waals surface area contributed by atoms with Crippen LogP contribution in [-0.2, 0) is 9.53 Å². The number of nitrogens with zero attached hydrogens (tertiary/aromatic N) is 3. The van der Waals surface area contributed by atoms with Gasteiger partial charge in [-0.25, -0.2) is 4.98 Å². The zero-order valence-corrected chi connectivity index (χ0v) is 20.7. The number of esters is 1. The molecule has 0 radical (unpaired) electrons. The maximum absolute atomic E-state index is 12.9. The van der Waals surface area contributed by atoms with E-state index in [-0.39, 0.29) is 24.3 Å². The lowest BCUT2D eigenvalue weighted by atomic mass is 9.97. The van der Waals surface area contributed by atoms with Gasteiger partial charge in [-0.2, -0.15) is 0 Å². The van der Waals surface area contributed by atoms with Crippen molar-refractivity contribution in [2.75, 3.05) is 26.7 Å². The summed E-state index contributed by atoms with van der Waals surface area (Å²) in [5, 5.41) is 3.53. The molecule has 1 aliphatic rings. The molecule has 9 heteroatoms. The van der Waals surface area contributed by atoms with Crippen LogP contribution in [0, 0.1) is 0 Å². The topological polar surface area (TPSA) is 93.0 Å². The number of aromatic nitrogens is 1. The van der Waals surface area contributed by atoms with Gasteiger partial charge in [-0.3, -0.25) is 14.4 Å². The monoisotopic (exact) mass is 483 g/mol. The number of carbonyl (C=O) groups is 3. The van der Waals surface area contributed by atoms with Gasteiger partial charge < -0.3 is 19.0 Å². The van der Waals surface area contributed by atoms with Crippen LogP contribution in [0.2, 0.25) is 0 Å². The summed E-state index contributed by atoms with van der Waals surface area (Å²) in [6, 6.07) is 9.36. The molecule has 1 aromatic carbocycles. The Labute approximate surface area is 202 Å². The Hall–Kier alpha value is -3.20. The minimum Gasteiger partial charge on any atom is -0.459 e. The summed E-state index contributed by atoms with van der Waals surface area (Å²) < 4.78 is 11.0. The fraction of sp³-hybridized carbons (Fsp3) is 0.440. The Morgan fingerprint density at radius 1 is 1.21 bits per heavy atom. The number of thiazole rings is 1. The molecule has 1 fully saturated rings. The summed E-state index contributed by atoms with van der Waals surface area (Å²) in [6.07, 6.45) is 1.53. The van der Waals surface area contributed by atoms with Crippen molar-refractivity contribution in [2.24, 2.45) is 0 Å². The second-order valence-electron chi connectivity index (χ2n) is 9.53. The van der Waals surface area contributed by atoms with Crippen molar-refractivity contribution in [3.8, 4) is 0 Å². The summed E-state index contributed by atoms with van der Waals surface area (Å²) in [5.74, 6) is -0.336. The Bertz CT molecular complexity index is 1170. The fourth-order valence-electron chi connectivity index (χ4n) is 3.98. The molecule has 0 N–H and O–H groups in total. The average molecular weight is 484 g/mol. The van der Waals surface area contributed by atoms with Crippen LogP contribution >= 0.6 is 11.3 Å². The van der Waals surface area contributed by atoms with E-state index in [4.69, 9.17) is 9.15 Å². The second-order valence-corrected chi connectivity index (χ2v) is 10.4. The highest BCUT2D eigenvalue weighted by Gasteiger charge is 2.29. The Balaban J connectivity index is 1.33. The zero-order valence-electron chi connectivity index (χ0n) is 19.9. The summed E-state index contributed by atoms with van der Waals surface area (Å²) in [7, 11) is 1.56. The molecular formula is C25H29N3O5S. The van der Waals surface area contributed by atoms with Crippen LogP contribution in [0.25, 0.3) is 11.0 Å². The smallest absolute Gasteiger partial charge is 0.326 e. The molecule has 8 nitrogen and oxygen atoms in total.